The second-order valence-electron chi connectivity index (χ2n) is 8.62. The highest BCUT2D eigenvalue weighted by Gasteiger charge is 2.30. The number of carboxylic acid groups (broad SMARTS) is 1. The summed E-state index contributed by atoms with van der Waals surface area (Å²) in [6.45, 7) is 4.74. The summed E-state index contributed by atoms with van der Waals surface area (Å²) in [5, 5.41) is 26.5. The molecule has 3 amide bonds. The number of nitrogens with zero attached hydrogens (tertiary/aromatic N) is 1. The average Bonchev–Trinajstić information content (AvgIpc) is 3.30. The van der Waals surface area contributed by atoms with Gasteiger partial charge in [0.15, 0.2) is 0 Å². The number of aromatic nitrogens is 2. The summed E-state index contributed by atoms with van der Waals surface area (Å²) in [5.41, 5.74) is 7.18. The van der Waals surface area contributed by atoms with Gasteiger partial charge in [0.1, 0.15) is 23.9 Å². The number of imidazole rings is 1. The topological polar surface area (TPSA) is 200 Å². The number of phenolic OH excluding ortho intramolecular Hbond substituents is 1. The van der Waals surface area contributed by atoms with Gasteiger partial charge in [-0.1, -0.05) is 26.0 Å². The van der Waals surface area contributed by atoms with Gasteiger partial charge in [-0.2, -0.15) is 0 Å². The molecule has 0 saturated heterocycles. The third-order valence-electron chi connectivity index (χ3n) is 5.32. The molecule has 1 aromatic carbocycles. The standard InChI is InChI=1S/C23H32N6O6/c1-12(2)19(23(34)35)29-22(33)18(8-14-4-6-16(30)7-5-14)28-20(31)13(3)27-21(32)17(24)9-15-10-25-11-26-15/h4-7,10-13,17-19,30H,8-9,24H2,1-3H3,(H,25,26)(H,27,32)(H,28,31)(H,29,33)(H,34,35). The van der Waals surface area contributed by atoms with Crippen molar-refractivity contribution in [2.24, 2.45) is 11.7 Å². The summed E-state index contributed by atoms with van der Waals surface area (Å²) in [6.07, 6.45) is 3.22. The van der Waals surface area contributed by atoms with Crippen LogP contribution in [0.1, 0.15) is 32.0 Å². The van der Waals surface area contributed by atoms with E-state index in [0.29, 0.717) is 11.3 Å². The van der Waals surface area contributed by atoms with Gasteiger partial charge in [-0.25, -0.2) is 9.78 Å². The molecular formula is C23H32N6O6. The second kappa shape index (κ2) is 12.5. The van der Waals surface area contributed by atoms with Crippen LogP contribution in [0, 0.1) is 5.92 Å². The first-order valence-corrected chi connectivity index (χ1v) is 11.1. The Morgan fingerprint density at radius 3 is 2.17 bits per heavy atom. The number of carboxylic acids is 1. The van der Waals surface area contributed by atoms with E-state index < -0.39 is 53.8 Å². The van der Waals surface area contributed by atoms with Gasteiger partial charge in [-0.3, -0.25) is 14.4 Å². The lowest BCUT2D eigenvalue weighted by Crippen LogP contribution is -2.57. The summed E-state index contributed by atoms with van der Waals surface area (Å²) < 4.78 is 0. The molecule has 4 atom stereocenters. The van der Waals surface area contributed by atoms with Gasteiger partial charge in [0.25, 0.3) is 0 Å². The Balaban J connectivity index is 2.08. The van der Waals surface area contributed by atoms with Crippen molar-refractivity contribution in [1.29, 1.82) is 0 Å². The molecule has 4 unspecified atom stereocenters. The molecule has 0 spiro atoms. The zero-order valence-corrected chi connectivity index (χ0v) is 19.8. The van der Waals surface area contributed by atoms with Crippen LogP contribution in [-0.2, 0) is 32.0 Å². The minimum absolute atomic E-state index is 0.0301. The first kappa shape index (κ1) is 27.3. The van der Waals surface area contributed by atoms with Gasteiger partial charge in [-0.15, -0.1) is 0 Å². The van der Waals surface area contributed by atoms with E-state index in [4.69, 9.17) is 5.73 Å². The SMILES string of the molecule is CC(NC(=O)C(N)Cc1cnc[nH]1)C(=O)NC(Cc1ccc(O)cc1)C(=O)NC(C(=O)O)C(C)C. The fourth-order valence-corrected chi connectivity index (χ4v) is 3.25. The number of nitrogens with two attached hydrogens (primary N) is 1. The van der Waals surface area contributed by atoms with Crippen molar-refractivity contribution in [3.63, 3.8) is 0 Å². The van der Waals surface area contributed by atoms with E-state index in [2.05, 4.69) is 25.9 Å². The molecule has 0 bridgehead atoms. The summed E-state index contributed by atoms with van der Waals surface area (Å²) in [6, 6.07) is 1.80. The van der Waals surface area contributed by atoms with Crippen LogP contribution in [0.25, 0.3) is 0 Å². The number of hydrogen-bond acceptors (Lipinski definition) is 7. The van der Waals surface area contributed by atoms with Crippen LogP contribution in [0.5, 0.6) is 5.75 Å². The van der Waals surface area contributed by atoms with Crippen molar-refractivity contribution in [3.05, 3.63) is 48.0 Å². The van der Waals surface area contributed by atoms with Crippen molar-refractivity contribution in [3.8, 4) is 5.75 Å². The Morgan fingerprint density at radius 2 is 1.63 bits per heavy atom. The summed E-state index contributed by atoms with van der Waals surface area (Å²) in [7, 11) is 0. The Morgan fingerprint density at radius 1 is 0.971 bits per heavy atom. The first-order valence-electron chi connectivity index (χ1n) is 11.1. The molecule has 0 aliphatic heterocycles. The number of aromatic amines is 1. The summed E-state index contributed by atoms with van der Waals surface area (Å²) >= 11 is 0. The van der Waals surface area contributed by atoms with Crippen molar-refractivity contribution < 1.29 is 29.4 Å². The number of carbonyl (C=O) groups excluding carboxylic acids is 3. The molecule has 0 aliphatic carbocycles. The van der Waals surface area contributed by atoms with Crippen LogP contribution in [0.3, 0.4) is 0 Å². The van der Waals surface area contributed by atoms with Crippen LogP contribution in [0.4, 0.5) is 0 Å². The van der Waals surface area contributed by atoms with Crippen molar-refractivity contribution >= 4 is 23.7 Å². The third-order valence-corrected chi connectivity index (χ3v) is 5.32. The smallest absolute Gasteiger partial charge is 0.326 e. The molecule has 2 rings (SSSR count). The number of aliphatic carboxylic acids is 1. The highest BCUT2D eigenvalue weighted by molar-refractivity contribution is 5.94. The van der Waals surface area contributed by atoms with Gasteiger partial charge >= 0.3 is 5.97 Å². The van der Waals surface area contributed by atoms with E-state index >= 15 is 0 Å². The molecule has 2 aromatic rings. The summed E-state index contributed by atoms with van der Waals surface area (Å²) in [4.78, 5) is 56.4. The van der Waals surface area contributed by atoms with Crippen LogP contribution in [-0.4, -0.2) is 68.0 Å². The Labute approximate surface area is 202 Å². The molecule has 8 N–H and O–H groups in total. The second-order valence-corrected chi connectivity index (χ2v) is 8.62. The van der Waals surface area contributed by atoms with E-state index in [0.717, 1.165) is 0 Å². The molecule has 0 fully saturated rings. The van der Waals surface area contributed by atoms with Crippen molar-refractivity contribution in [2.45, 2.75) is 57.8 Å². The molecule has 35 heavy (non-hydrogen) atoms. The van der Waals surface area contributed by atoms with Gasteiger partial charge in [-0.05, 0) is 30.5 Å². The quantitative estimate of drug-likeness (QED) is 0.206. The van der Waals surface area contributed by atoms with E-state index in [-0.39, 0.29) is 18.6 Å². The monoisotopic (exact) mass is 488 g/mol. The van der Waals surface area contributed by atoms with Crippen molar-refractivity contribution in [1.82, 2.24) is 25.9 Å². The van der Waals surface area contributed by atoms with E-state index in [9.17, 15) is 29.4 Å². The Bertz CT molecular complexity index is 1010. The van der Waals surface area contributed by atoms with Gasteiger partial charge < -0.3 is 36.9 Å². The predicted molar refractivity (Wildman–Crippen MR) is 126 cm³/mol. The maximum absolute atomic E-state index is 12.9. The molecule has 12 heteroatoms. The van der Waals surface area contributed by atoms with Crippen LogP contribution in [0.2, 0.25) is 0 Å². The molecule has 1 heterocycles. The number of phenols is 1. The van der Waals surface area contributed by atoms with E-state index in [1.54, 1.807) is 26.0 Å². The van der Waals surface area contributed by atoms with E-state index in [1.165, 1.54) is 31.6 Å². The molecule has 190 valence electrons. The van der Waals surface area contributed by atoms with Gasteiger partial charge in [0.2, 0.25) is 17.7 Å². The lowest BCUT2D eigenvalue weighted by atomic mass is 10.0. The first-order chi connectivity index (χ1) is 16.5. The fraction of sp³-hybridized carbons (Fsp3) is 0.435. The Hall–Kier alpha value is -3.93. The number of aromatic hydroxyl groups is 1. The van der Waals surface area contributed by atoms with Crippen LogP contribution < -0.4 is 21.7 Å². The number of H-pyrrole nitrogens is 1. The van der Waals surface area contributed by atoms with Crippen molar-refractivity contribution in [2.75, 3.05) is 0 Å². The minimum atomic E-state index is -1.20. The minimum Gasteiger partial charge on any atom is -0.508 e. The number of hydrogen-bond donors (Lipinski definition) is 7. The zero-order valence-electron chi connectivity index (χ0n) is 19.8. The maximum Gasteiger partial charge on any atom is 0.326 e. The maximum atomic E-state index is 12.9. The molecule has 12 nitrogen and oxygen atoms in total. The van der Waals surface area contributed by atoms with E-state index in [1.807, 2.05) is 0 Å². The Kier molecular flexibility index (Phi) is 9.76. The number of nitrogens with one attached hydrogen (secondary N) is 4. The normalized spacial score (nSPS) is 14.4. The summed E-state index contributed by atoms with van der Waals surface area (Å²) in [5.74, 6) is -3.46. The molecule has 1 aromatic heterocycles. The average molecular weight is 489 g/mol. The number of benzene rings is 1. The number of amides is 3. The number of rotatable bonds is 12. The zero-order chi connectivity index (χ0) is 26.1. The lowest BCUT2D eigenvalue weighted by molar-refractivity contribution is -0.143. The predicted octanol–water partition coefficient (Wildman–Crippen LogP) is -0.557. The number of carbonyl (C=O) groups is 4. The molecular weight excluding hydrogens is 456 g/mol. The molecule has 0 radical (unpaired) electrons. The largest absolute Gasteiger partial charge is 0.508 e. The molecule has 0 saturated carbocycles. The van der Waals surface area contributed by atoms with Gasteiger partial charge in [0.05, 0.1) is 12.4 Å². The lowest BCUT2D eigenvalue weighted by Gasteiger charge is -2.25. The van der Waals surface area contributed by atoms with Crippen LogP contribution in [0.15, 0.2) is 36.8 Å². The van der Waals surface area contributed by atoms with Crippen LogP contribution >= 0.6 is 0 Å². The molecule has 0 aliphatic rings. The highest BCUT2D eigenvalue weighted by Crippen LogP contribution is 2.12. The highest BCUT2D eigenvalue weighted by atomic mass is 16.4. The van der Waals surface area contributed by atoms with Gasteiger partial charge in [0, 0.05) is 24.7 Å². The third kappa shape index (κ3) is 8.41. The fourth-order valence-electron chi connectivity index (χ4n) is 3.25.